The molecule has 0 aliphatic carbocycles. The summed E-state index contributed by atoms with van der Waals surface area (Å²) in [5, 5.41) is 1.86. The predicted molar refractivity (Wildman–Crippen MR) is 59.7 cm³/mol. The van der Waals surface area contributed by atoms with E-state index in [1.165, 1.54) is 13.8 Å². The van der Waals surface area contributed by atoms with Gasteiger partial charge in [-0.05, 0) is 37.1 Å². The second kappa shape index (κ2) is 4.43. The maximum Gasteiger partial charge on any atom is 0.407 e. The molecule has 1 atom stereocenters. The average Bonchev–Trinajstić information content (AvgIpc) is 2.62. The molecule has 2 rings (SSSR count). The van der Waals surface area contributed by atoms with Crippen LogP contribution in [0.15, 0.2) is 18.1 Å². The van der Waals surface area contributed by atoms with E-state index in [0.717, 1.165) is 0 Å². The number of amides is 1. The molecule has 1 unspecified atom stereocenters. The monoisotopic (exact) mass is 227 g/mol. The van der Waals surface area contributed by atoms with Crippen LogP contribution in [-0.2, 0) is 4.74 Å². The lowest BCUT2D eigenvalue weighted by Gasteiger charge is -2.11. The second-order valence-electron chi connectivity index (χ2n) is 3.31. The second-order valence-corrected chi connectivity index (χ2v) is 3.31. The summed E-state index contributed by atoms with van der Waals surface area (Å²) in [5.74, 6) is -0.170. The Morgan fingerprint density at radius 1 is 1.62 bits per heavy atom. The van der Waals surface area contributed by atoms with Crippen molar-refractivity contribution in [2.45, 2.75) is 19.9 Å². The third-order valence-corrected chi connectivity index (χ3v) is 1.84. The Morgan fingerprint density at radius 2 is 2.31 bits per heavy atom. The molecule has 1 heterocycles. The van der Waals surface area contributed by atoms with Gasteiger partial charge in [0.15, 0.2) is 6.08 Å². The fourth-order valence-electron chi connectivity index (χ4n) is 1.27. The van der Waals surface area contributed by atoms with Gasteiger partial charge in [0.05, 0.1) is 14.7 Å². The highest BCUT2D eigenvalue weighted by Crippen LogP contribution is 2.16. The summed E-state index contributed by atoms with van der Waals surface area (Å²) in [6.07, 6.45) is -3.40. The number of hydrogen-bond acceptors (Lipinski definition) is 3. The molecule has 0 bridgehead atoms. The predicted octanol–water partition coefficient (Wildman–Crippen LogP) is 1.79. The maximum absolute atomic E-state index is 11.1. The van der Waals surface area contributed by atoms with Crippen LogP contribution >= 0.6 is 0 Å². The van der Waals surface area contributed by atoms with Crippen LogP contribution in [0.25, 0.3) is 0 Å². The van der Waals surface area contributed by atoms with Gasteiger partial charge in [-0.2, -0.15) is 0 Å². The lowest BCUT2D eigenvalue weighted by molar-refractivity contribution is 0.105. The van der Waals surface area contributed by atoms with E-state index >= 15 is 0 Å². The van der Waals surface area contributed by atoms with Gasteiger partial charge >= 0.3 is 6.09 Å². The van der Waals surface area contributed by atoms with Gasteiger partial charge in [0.25, 0.3) is 0 Å². The summed E-state index contributed by atoms with van der Waals surface area (Å²) < 4.78 is 56.5. The number of rotatable bonds is 3. The Balaban J connectivity index is 2.32. The fraction of sp³-hybridized carbons (Fsp3) is 0.417. The van der Waals surface area contributed by atoms with Crippen molar-refractivity contribution in [1.82, 2.24) is 5.32 Å². The summed E-state index contributed by atoms with van der Waals surface area (Å²) >= 11 is 0. The molecular formula is C12H15NO3. The quantitative estimate of drug-likeness (QED) is 0.856. The summed E-state index contributed by atoms with van der Waals surface area (Å²) in [6, 6.07) is -0.295. The first-order valence-electron chi connectivity index (χ1n) is 7.71. The molecule has 1 saturated heterocycles. The molecular weight excluding hydrogens is 206 g/mol. The molecule has 0 spiro atoms. The van der Waals surface area contributed by atoms with Crippen LogP contribution in [0.2, 0.25) is 0 Å². The first-order valence-corrected chi connectivity index (χ1v) is 4.71. The van der Waals surface area contributed by atoms with Gasteiger partial charge in [0, 0.05) is 0 Å². The van der Waals surface area contributed by atoms with Crippen molar-refractivity contribution >= 4 is 6.09 Å². The third-order valence-electron chi connectivity index (χ3n) is 1.84. The van der Waals surface area contributed by atoms with Crippen molar-refractivity contribution in [2.75, 3.05) is 13.1 Å². The first kappa shape index (κ1) is 5.57. The number of hydrogen-bond donors (Lipinski definition) is 1. The molecule has 4 nitrogen and oxygen atoms in total. The van der Waals surface area contributed by atoms with E-state index in [1.807, 2.05) is 5.32 Å². The molecule has 1 N–H and O–H groups in total. The van der Waals surface area contributed by atoms with E-state index in [0.29, 0.717) is 11.1 Å². The molecule has 86 valence electrons. The van der Waals surface area contributed by atoms with E-state index in [9.17, 15) is 4.79 Å². The number of cyclic esters (lactones) is 1. The van der Waals surface area contributed by atoms with Crippen LogP contribution in [0, 0.1) is 13.8 Å². The van der Waals surface area contributed by atoms with Crippen molar-refractivity contribution in [1.29, 1.82) is 0 Å². The van der Waals surface area contributed by atoms with E-state index < -0.39 is 25.3 Å². The number of carbonyl (C=O) groups excluding carboxylic acids is 1. The van der Waals surface area contributed by atoms with Crippen molar-refractivity contribution in [3.05, 3.63) is 29.3 Å². The van der Waals surface area contributed by atoms with E-state index in [2.05, 4.69) is 4.74 Å². The fourth-order valence-corrected chi connectivity index (χ4v) is 1.27. The van der Waals surface area contributed by atoms with Crippen molar-refractivity contribution in [3.8, 4) is 5.75 Å². The molecule has 1 aromatic rings. The van der Waals surface area contributed by atoms with Crippen molar-refractivity contribution in [2.24, 2.45) is 0 Å². The summed E-state index contributed by atoms with van der Waals surface area (Å²) in [4.78, 5) is 11.1. The van der Waals surface area contributed by atoms with Crippen LogP contribution in [0.3, 0.4) is 0 Å². The Kier molecular flexibility index (Phi) is 1.54. The highest BCUT2D eigenvalue weighted by Gasteiger charge is 2.22. The lowest BCUT2D eigenvalue weighted by atomic mass is 10.1. The molecule has 0 saturated carbocycles. The van der Waals surface area contributed by atoms with Crippen LogP contribution < -0.4 is 10.1 Å². The van der Waals surface area contributed by atoms with Crippen molar-refractivity contribution in [3.63, 3.8) is 0 Å². The zero-order valence-corrected chi connectivity index (χ0v) is 8.93. The van der Waals surface area contributed by atoms with E-state index in [-0.39, 0.29) is 23.9 Å². The van der Waals surface area contributed by atoms with E-state index in [1.54, 1.807) is 0 Å². The maximum atomic E-state index is 11.1. The largest absolute Gasteiger partial charge is 0.490 e. The zero-order valence-electron chi connectivity index (χ0n) is 14.9. The Labute approximate surface area is 103 Å². The standard InChI is InChI=1S/C12H15NO3/c1-8-3-9(2)5-10(4-8)15-7-11-6-13-12(14)16-11/h3-5,11H,6-7H2,1-2H3,(H,13,14)/i3D,4D,5D,6D2,11D. The SMILES string of the molecule is [2H]c1c(C)c([2H])c(OCC2([2H])OC(=O)NC2([2H])[2H])c([2H])c1C. The number of benzene rings is 1. The Bertz CT molecular complexity index is 621. The van der Waals surface area contributed by atoms with Gasteiger partial charge in [-0.25, -0.2) is 4.79 Å². The molecule has 4 heteroatoms. The van der Waals surface area contributed by atoms with Crippen molar-refractivity contribution < 1.29 is 22.5 Å². The van der Waals surface area contributed by atoms with Gasteiger partial charge in [0.2, 0.25) is 0 Å². The molecule has 1 aliphatic heterocycles. The number of ether oxygens (including phenoxy) is 2. The minimum atomic E-state index is -2.46. The third kappa shape index (κ3) is 2.66. The smallest absolute Gasteiger partial charge is 0.407 e. The lowest BCUT2D eigenvalue weighted by Crippen LogP contribution is -2.21. The van der Waals surface area contributed by atoms with Gasteiger partial charge in [-0.3, -0.25) is 0 Å². The summed E-state index contributed by atoms with van der Waals surface area (Å²) in [7, 11) is 0. The van der Waals surface area contributed by atoms with Gasteiger partial charge in [-0.1, -0.05) is 6.04 Å². The van der Waals surface area contributed by atoms with Crippen LogP contribution in [0.1, 0.15) is 19.4 Å². The number of alkyl carbamates (subject to hydrolysis) is 1. The molecule has 0 aromatic heterocycles. The van der Waals surface area contributed by atoms with Crippen LogP contribution in [0.4, 0.5) is 4.79 Å². The molecule has 1 aliphatic rings. The normalized spacial score (nSPS) is 32.2. The number of carbonyl (C=O) groups is 1. The Hall–Kier alpha value is -1.71. The highest BCUT2D eigenvalue weighted by molar-refractivity contribution is 5.69. The first-order chi connectivity index (χ1) is 10.00. The van der Waals surface area contributed by atoms with Gasteiger partial charge < -0.3 is 14.8 Å². The molecule has 1 fully saturated rings. The zero-order chi connectivity index (χ0) is 16.9. The van der Waals surface area contributed by atoms with Gasteiger partial charge in [-0.15, -0.1) is 0 Å². The van der Waals surface area contributed by atoms with E-state index in [4.69, 9.17) is 13.0 Å². The van der Waals surface area contributed by atoms with Crippen LogP contribution in [-0.4, -0.2) is 25.3 Å². The molecule has 1 aromatic carbocycles. The average molecular weight is 227 g/mol. The Morgan fingerprint density at radius 3 is 2.88 bits per heavy atom. The summed E-state index contributed by atoms with van der Waals surface area (Å²) in [6.45, 7) is -0.0751. The minimum absolute atomic E-state index is 0.0622. The number of nitrogens with one attached hydrogen (secondary N) is 1. The molecule has 0 radical (unpaired) electrons. The highest BCUT2D eigenvalue weighted by atomic mass is 16.6. The molecule has 1 amide bonds. The van der Waals surface area contributed by atoms with Gasteiger partial charge in [0.1, 0.15) is 12.4 Å². The topological polar surface area (TPSA) is 47.6 Å². The minimum Gasteiger partial charge on any atom is -0.490 e. The summed E-state index contributed by atoms with van der Waals surface area (Å²) in [5.41, 5.74) is 0.624. The molecule has 16 heavy (non-hydrogen) atoms. The van der Waals surface area contributed by atoms with Crippen LogP contribution in [0.5, 0.6) is 5.75 Å².